The molecule has 17 heavy (non-hydrogen) atoms. The molecule has 1 aromatic carbocycles. The molecule has 0 atom stereocenters. The Morgan fingerprint density at radius 1 is 1.35 bits per heavy atom. The summed E-state index contributed by atoms with van der Waals surface area (Å²) >= 11 is 0. The van der Waals surface area contributed by atoms with Crippen molar-refractivity contribution < 1.29 is 0 Å². The van der Waals surface area contributed by atoms with Crippen molar-refractivity contribution in [3.63, 3.8) is 0 Å². The van der Waals surface area contributed by atoms with Gasteiger partial charge in [-0.25, -0.2) is 4.98 Å². The molecule has 92 valence electrons. The summed E-state index contributed by atoms with van der Waals surface area (Å²) in [5.74, 6) is 1.10. The molecule has 0 saturated heterocycles. The fourth-order valence-corrected chi connectivity index (χ4v) is 1.99. The Bertz CT molecular complexity index is 485. The van der Waals surface area contributed by atoms with Crippen LogP contribution >= 0.6 is 0 Å². The van der Waals surface area contributed by atoms with Crippen molar-refractivity contribution in [2.75, 3.05) is 6.54 Å². The molecular formula is C14H21N3. The third kappa shape index (κ3) is 3.07. The topological polar surface area (TPSA) is 40.7 Å². The highest BCUT2D eigenvalue weighted by atomic mass is 14.9. The molecule has 0 aliphatic rings. The second-order valence-corrected chi connectivity index (χ2v) is 4.87. The number of nitrogens with one attached hydrogen (secondary N) is 2. The van der Waals surface area contributed by atoms with Crippen LogP contribution in [0.25, 0.3) is 11.0 Å². The van der Waals surface area contributed by atoms with Gasteiger partial charge in [0.05, 0.1) is 11.0 Å². The molecule has 0 radical (unpaired) electrons. The second-order valence-electron chi connectivity index (χ2n) is 4.87. The number of H-pyrrole nitrogens is 1. The maximum Gasteiger partial charge on any atom is 0.107 e. The monoisotopic (exact) mass is 231 g/mol. The molecule has 3 nitrogen and oxygen atoms in total. The molecule has 2 rings (SSSR count). The van der Waals surface area contributed by atoms with E-state index in [4.69, 9.17) is 0 Å². The SMILES string of the molecule is Cc1cccc2[nH]c(CCCNC(C)C)nc12. The van der Waals surface area contributed by atoms with Gasteiger partial charge in [0.2, 0.25) is 0 Å². The average Bonchev–Trinajstić information content (AvgIpc) is 2.69. The van der Waals surface area contributed by atoms with Gasteiger partial charge in [0, 0.05) is 12.5 Å². The minimum atomic E-state index is 0.563. The third-order valence-corrected chi connectivity index (χ3v) is 2.91. The molecule has 0 spiro atoms. The predicted octanol–water partition coefficient (Wildman–Crippen LogP) is 2.80. The van der Waals surface area contributed by atoms with Gasteiger partial charge in [-0.05, 0) is 31.5 Å². The highest BCUT2D eigenvalue weighted by Gasteiger charge is 2.04. The van der Waals surface area contributed by atoms with Gasteiger partial charge in [-0.3, -0.25) is 0 Å². The molecule has 1 aromatic heterocycles. The van der Waals surface area contributed by atoms with Crippen molar-refractivity contribution in [1.82, 2.24) is 15.3 Å². The van der Waals surface area contributed by atoms with Crippen LogP contribution in [-0.4, -0.2) is 22.6 Å². The summed E-state index contributed by atoms with van der Waals surface area (Å²) < 4.78 is 0. The minimum Gasteiger partial charge on any atom is -0.342 e. The molecule has 1 heterocycles. The number of aromatic nitrogens is 2. The summed E-state index contributed by atoms with van der Waals surface area (Å²) in [6.45, 7) is 7.50. The molecule has 0 aliphatic carbocycles. The molecule has 3 heteroatoms. The molecule has 0 unspecified atom stereocenters. The highest BCUT2D eigenvalue weighted by Crippen LogP contribution is 2.15. The van der Waals surface area contributed by atoms with Crippen LogP contribution in [0, 0.1) is 6.92 Å². The van der Waals surface area contributed by atoms with Crippen LogP contribution in [0.5, 0.6) is 0 Å². The number of hydrogen-bond donors (Lipinski definition) is 2. The number of aryl methyl sites for hydroxylation is 2. The lowest BCUT2D eigenvalue weighted by Crippen LogP contribution is -2.24. The summed E-state index contributed by atoms with van der Waals surface area (Å²) in [6, 6.07) is 6.83. The van der Waals surface area contributed by atoms with Gasteiger partial charge >= 0.3 is 0 Å². The number of nitrogens with zero attached hydrogens (tertiary/aromatic N) is 1. The van der Waals surface area contributed by atoms with E-state index in [1.165, 1.54) is 5.56 Å². The number of para-hydroxylation sites is 1. The Kier molecular flexibility index (Phi) is 3.79. The summed E-state index contributed by atoms with van der Waals surface area (Å²) in [6.07, 6.45) is 2.13. The standard InChI is InChI=1S/C14H21N3/c1-10(2)15-9-5-8-13-16-12-7-4-6-11(3)14(12)17-13/h4,6-7,10,15H,5,8-9H2,1-3H3,(H,16,17). The Labute approximate surface area is 103 Å². The Morgan fingerprint density at radius 2 is 2.18 bits per heavy atom. The van der Waals surface area contributed by atoms with Crippen molar-refractivity contribution in [2.24, 2.45) is 0 Å². The van der Waals surface area contributed by atoms with Crippen LogP contribution < -0.4 is 5.32 Å². The zero-order chi connectivity index (χ0) is 12.3. The van der Waals surface area contributed by atoms with Crippen LogP contribution in [0.3, 0.4) is 0 Å². The van der Waals surface area contributed by atoms with Gasteiger partial charge in [0.1, 0.15) is 5.82 Å². The van der Waals surface area contributed by atoms with Crippen LogP contribution in [-0.2, 0) is 6.42 Å². The lowest BCUT2D eigenvalue weighted by Gasteiger charge is -2.06. The molecule has 0 saturated carbocycles. The number of benzene rings is 1. The van der Waals surface area contributed by atoms with Crippen LogP contribution in [0.4, 0.5) is 0 Å². The normalized spacial score (nSPS) is 11.5. The lowest BCUT2D eigenvalue weighted by atomic mass is 10.2. The van der Waals surface area contributed by atoms with E-state index in [1.807, 2.05) is 0 Å². The molecule has 0 aliphatic heterocycles. The maximum absolute atomic E-state index is 4.65. The van der Waals surface area contributed by atoms with Gasteiger partial charge in [0.15, 0.2) is 0 Å². The fraction of sp³-hybridized carbons (Fsp3) is 0.500. The minimum absolute atomic E-state index is 0.563. The first-order valence-corrected chi connectivity index (χ1v) is 6.34. The zero-order valence-electron chi connectivity index (χ0n) is 10.9. The van der Waals surface area contributed by atoms with Gasteiger partial charge in [-0.2, -0.15) is 0 Å². The maximum atomic E-state index is 4.65. The summed E-state index contributed by atoms with van der Waals surface area (Å²) in [5.41, 5.74) is 3.50. The van der Waals surface area contributed by atoms with E-state index in [-0.39, 0.29) is 0 Å². The van der Waals surface area contributed by atoms with Gasteiger partial charge < -0.3 is 10.3 Å². The summed E-state index contributed by atoms with van der Waals surface area (Å²) in [5, 5.41) is 3.42. The van der Waals surface area contributed by atoms with E-state index in [9.17, 15) is 0 Å². The van der Waals surface area contributed by atoms with E-state index in [0.717, 1.165) is 36.2 Å². The Morgan fingerprint density at radius 3 is 2.88 bits per heavy atom. The first-order valence-electron chi connectivity index (χ1n) is 6.34. The summed E-state index contributed by atoms with van der Waals surface area (Å²) in [7, 11) is 0. The lowest BCUT2D eigenvalue weighted by molar-refractivity contribution is 0.567. The van der Waals surface area contributed by atoms with Gasteiger partial charge in [-0.15, -0.1) is 0 Å². The predicted molar refractivity (Wildman–Crippen MR) is 72.3 cm³/mol. The first-order chi connectivity index (χ1) is 8.16. The molecule has 0 amide bonds. The van der Waals surface area contributed by atoms with Crippen molar-refractivity contribution >= 4 is 11.0 Å². The number of rotatable bonds is 5. The first kappa shape index (κ1) is 12.1. The molecule has 2 N–H and O–H groups in total. The van der Waals surface area contributed by atoms with E-state index < -0.39 is 0 Å². The average molecular weight is 231 g/mol. The van der Waals surface area contributed by atoms with Crippen LogP contribution in [0.1, 0.15) is 31.7 Å². The molecular weight excluding hydrogens is 210 g/mol. The number of imidazole rings is 1. The van der Waals surface area contributed by atoms with Crippen molar-refractivity contribution in [1.29, 1.82) is 0 Å². The fourth-order valence-electron chi connectivity index (χ4n) is 1.99. The van der Waals surface area contributed by atoms with E-state index >= 15 is 0 Å². The molecule has 0 fully saturated rings. The highest BCUT2D eigenvalue weighted by molar-refractivity contribution is 5.78. The Balaban J connectivity index is 1.98. The summed E-state index contributed by atoms with van der Waals surface area (Å²) in [4.78, 5) is 8.03. The second kappa shape index (κ2) is 5.32. The largest absolute Gasteiger partial charge is 0.342 e. The number of aromatic amines is 1. The quantitative estimate of drug-likeness (QED) is 0.777. The van der Waals surface area contributed by atoms with Crippen molar-refractivity contribution in [3.05, 3.63) is 29.6 Å². The molecule has 2 aromatic rings. The van der Waals surface area contributed by atoms with Crippen molar-refractivity contribution in [2.45, 2.75) is 39.7 Å². The van der Waals surface area contributed by atoms with Crippen LogP contribution in [0.15, 0.2) is 18.2 Å². The number of fused-ring (bicyclic) bond motifs is 1. The van der Waals surface area contributed by atoms with E-state index in [0.29, 0.717) is 6.04 Å². The Hall–Kier alpha value is -1.35. The van der Waals surface area contributed by atoms with E-state index in [1.54, 1.807) is 0 Å². The van der Waals surface area contributed by atoms with Crippen LogP contribution in [0.2, 0.25) is 0 Å². The zero-order valence-corrected chi connectivity index (χ0v) is 10.9. The van der Waals surface area contributed by atoms with E-state index in [2.05, 4.69) is 54.3 Å². The smallest absolute Gasteiger partial charge is 0.107 e. The third-order valence-electron chi connectivity index (χ3n) is 2.91. The number of hydrogen-bond acceptors (Lipinski definition) is 2. The van der Waals surface area contributed by atoms with Gasteiger partial charge in [-0.1, -0.05) is 26.0 Å². The van der Waals surface area contributed by atoms with Gasteiger partial charge in [0.25, 0.3) is 0 Å². The van der Waals surface area contributed by atoms with Crippen molar-refractivity contribution in [3.8, 4) is 0 Å². The molecule has 0 bridgehead atoms.